The Hall–Kier alpha value is -7.20. The maximum atomic E-state index is 7.27. The van der Waals surface area contributed by atoms with E-state index >= 15 is 0 Å². The Kier molecular flexibility index (Phi) is 9.36. The first kappa shape index (κ1) is 37.8. The van der Waals surface area contributed by atoms with Gasteiger partial charge in [-0.05, 0) is 154 Å². The molecule has 3 aliphatic rings. The summed E-state index contributed by atoms with van der Waals surface area (Å²) in [5, 5.41) is 0. The summed E-state index contributed by atoms with van der Waals surface area (Å²) in [6, 6.07) is 71.0. The predicted octanol–water partition coefficient (Wildman–Crippen LogP) is 15.3. The zero-order valence-electron chi connectivity index (χ0n) is 35.3. The quantitative estimate of drug-likeness (QED) is 0.166. The zero-order chi connectivity index (χ0) is 41.8. The number of rotatable bonds is 8. The first-order valence-electron chi connectivity index (χ1n) is 22.0. The fourth-order valence-corrected chi connectivity index (χ4v) is 10.4. The van der Waals surface area contributed by atoms with Crippen LogP contribution in [0.2, 0.25) is 0 Å². The third-order valence-corrected chi connectivity index (χ3v) is 13.3. The summed E-state index contributed by atoms with van der Waals surface area (Å²) in [5.74, 6) is 0.435. The standard InChI is InChI=1S/C59H49N3/c1-40-17-15-28-54-58(40)53-36-34-48(39-55(53)59(54,2)60)62(46-23-7-4-8-24-46)57-30-14-12-27-52(57)43-20-16-19-42(37-43)51-26-11-13-29-56(51)61(45-21-5-3-6-22-45)47-33-35-50-44(38-47)32-31-41-18-9-10-25-49(41)50/h3-16,18-30,33-40H,17,31-32,60H2,1-2H3. The predicted molar refractivity (Wildman–Crippen MR) is 261 cm³/mol. The number of nitrogens with two attached hydrogens (primary N) is 1. The van der Waals surface area contributed by atoms with Crippen LogP contribution in [0, 0.1) is 5.92 Å². The normalized spacial score (nSPS) is 17.2. The molecule has 3 aliphatic carbocycles. The first-order valence-corrected chi connectivity index (χ1v) is 22.0. The van der Waals surface area contributed by atoms with Gasteiger partial charge < -0.3 is 15.5 Å². The molecule has 2 unspecified atom stereocenters. The second-order valence-corrected chi connectivity index (χ2v) is 17.3. The van der Waals surface area contributed by atoms with Crippen molar-refractivity contribution in [3.63, 3.8) is 0 Å². The number of fused-ring (bicyclic) bond motifs is 5. The van der Waals surface area contributed by atoms with Crippen molar-refractivity contribution in [3.05, 3.63) is 234 Å². The number of nitrogens with zero attached hydrogens (tertiary/aromatic N) is 2. The van der Waals surface area contributed by atoms with Gasteiger partial charge >= 0.3 is 0 Å². The second-order valence-electron chi connectivity index (χ2n) is 17.3. The molecule has 0 amide bonds. The minimum Gasteiger partial charge on any atom is -0.318 e. The smallest absolute Gasteiger partial charge is 0.0646 e. The van der Waals surface area contributed by atoms with Crippen LogP contribution in [0.4, 0.5) is 34.1 Å². The van der Waals surface area contributed by atoms with E-state index < -0.39 is 5.54 Å². The molecular formula is C59H49N3. The van der Waals surface area contributed by atoms with E-state index in [4.69, 9.17) is 5.73 Å². The molecule has 0 aromatic heterocycles. The van der Waals surface area contributed by atoms with Crippen molar-refractivity contribution >= 4 is 39.7 Å². The monoisotopic (exact) mass is 799 g/mol. The Morgan fingerprint density at radius 3 is 1.63 bits per heavy atom. The lowest BCUT2D eigenvalue weighted by molar-refractivity contribution is 0.607. The van der Waals surface area contributed by atoms with Crippen molar-refractivity contribution in [2.45, 2.75) is 38.6 Å². The number of anilines is 6. The van der Waals surface area contributed by atoms with Gasteiger partial charge in [0.15, 0.2) is 0 Å². The molecule has 0 bridgehead atoms. The highest BCUT2D eigenvalue weighted by Crippen LogP contribution is 2.52. The molecule has 0 spiro atoms. The molecule has 3 nitrogen and oxygen atoms in total. The average Bonchev–Trinajstić information content (AvgIpc) is 3.56. The molecule has 0 fully saturated rings. The minimum absolute atomic E-state index is 0.435. The third-order valence-electron chi connectivity index (χ3n) is 13.3. The minimum atomic E-state index is -0.576. The Morgan fingerprint density at radius 2 is 0.984 bits per heavy atom. The molecule has 0 aliphatic heterocycles. The summed E-state index contributed by atoms with van der Waals surface area (Å²) in [6.45, 7) is 4.50. The topological polar surface area (TPSA) is 32.5 Å². The fourth-order valence-electron chi connectivity index (χ4n) is 10.4. The molecule has 0 radical (unpaired) electrons. The summed E-state index contributed by atoms with van der Waals surface area (Å²) in [6.07, 6.45) is 7.66. The maximum absolute atomic E-state index is 7.27. The summed E-state index contributed by atoms with van der Waals surface area (Å²) < 4.78 is 0. The SMILES string of the molecule is CC1CC=CC2=C1c1ccc(N(c3ccccc3)c3ccccc3-c3cccc(-c4ccccc4N(c4ccccc4)c4ccc5c(c4)CCc4ccccc4-5)c3)cc1C2(C)N. The van der Waals surface area contributed by atoms with Crippen molar-refractivity contribution in [3.8, 4) is 33.4 Å². The van der Waals surface area contributed by atoms with Crippen molar-refractivity contribution in [2.24, 2.45) is 11.7 Å². The number of benzene rings is 8. The highest BCUT2D eigenvalue weighted by atomic mass is 15.2. The van der Waals surface area contributed by atoms with Crippen molar-refractivity contribution < 1.29 is 0 Å². The first-order chi connectivity index (χ1) is 30.4. The molecule has 11 rings (SSSR count). The van der Waals surface area contributed by atoms with Crippen molar-refractivity contribution in [1.29, 1.82) is 0 Å². The van der Waals surface area contributed by atoms with Crippen molar-refractivity contribution in [1.82, 2.24) is 0 Å². The lowest BCUT2D eigenvalue weighted by Crippen LogP contribution is -2.33. The number of aryl methyl sites for hydroxylation is 2. The number of hydrogen-bond acceptors (Lipinski definition) is 3. The number of allylic oxidation sites excluding steroid dienone is 2. The molecule has 300 valence electrons. The molecule has 0 saturated carbocycles. The Labute approximate surface area is 365 Å². The van der Waals surface area contributed by atoms with Gasteiger partial charge in [-0.2, -0.15) is 0 Å². The summed E-state index contributed by atoms with van der Waals surface area (Å²) in [4.78, 5) is 4.82. The Bertz CT molecular complexity index is 3050. The van der Waals surface area contributed by atoms with E-state index in [2.05, 4.69) is 230 Å². The van der Waals surface area contributed by atoms with E-state index in [1.54, 1.807) is 0 Å². The molecule has 0 heterocycles. The van der Waals surface area contributed by atoms with Crippen LogP contribution in [0.3, 0.4) is 0 Å². The number of hydrogen-bond donors (Lipinski definition) is 1. The van der Waals surface area contributed by atoms with Crippen LogP contribution in [0.1, 0.15) is 42.5 Å². The van der Waals surface area contributed by atoms with Gasteiger partial charge in [-0.1, -0.05) is 146 Å². The van der Waals surface area contributed by atoms with Gasteiger partial charge in [-0.3, -0.25) is 0 Å². The molecule has 0 saturated heterocycles. The van der Waals surface area contributed by atoms with Gasteiger partial charge in [0.2, 0.25) is 0 Å². The third kappa shape index (κ3) is 6.40. The number of para-hydroxylation sites is 4. The highest BCUT2D eigenvalue weighted by Gasteiger charge is 2.40. The summed E-state index contributed by atoms with van der Waals surface area (Å²) in [7, 11) is 0. The van der Waals surface area contributed by atoms with Gasteiger partial charge in [0.05, 0.1) is 16.9 Å². The molecule has 62 heavy (non-hydrogen) atoms. The largest absolute Gasteiger partial charge is 0.318 e. The van der Waals surface area contributed by atoms with E-state index in [9.17, 15) is 0 Å². The Morgan fingerprint density at radius 1 is 0.468 bits per heavy atom. The van der Waals surface area contributed by atoms with Gasteiger partial charge in [-0.15, -0.1) is 0 Å². The van der Waals surface area contributed by atoms with Crippen molar-refractivity contribution in [2.75, 3.05) is 9.80 Å². The van der Waals surface area contributed by atoms with Crippen LogP contribution >= 0.6 is 0 Å². The van der Waals surface area contributed by atoms with Gasteiger partial charge in [0.1, 0.15) is 0 Å². The average molecular weight is 800 g/mol. The van der Waals surface area contributed by atoms with Crippen LogP contribution in [0.15, 0.2) is 212 Å². The molecule has 2 N–H and O–H groups in total. The van der Waals surface area contributed by atoms with Gasteiger partial charge in [-0.25, -0.2) is 0 Å². The van der Waals surface area contributed by atoms with E-state index in [1.165, 1.54) is 50.1 Å². The molecular weight excluding hydrogens is 751 g/mol. The molecule has 2 atom stereocenters. The summed E-state index contributed by atoms with van der Waals surface area (Å²) in [5.41, 5.74) is 28.6. The van der Waals surface area contributed by atoms with Crippen LogP contribution in [-0.4, -0.2) is 0 Å². The zero-order valence-corrected chi connectivity index (χ0v) is 35.3. The lowest BCUT2D eigenvalue weighted by atomic mass is 9.84. The van der Waals surface area contributed by atoms with Gasteiger partial charge in [0.25, 0.3) is 0 Å². The fraction of sp³-hybridized carbons (Fsp3) is 0.119. The van der Waals surface area contributed by atoms with Gasteiger partial charge in [0, 0.05) is 33.9 Å². The van der Waals surface area contributed by atoms with E-state index in [0.717, 1.165) is 70.1 Å². The molecule has 8 aromatic rings. The molecule has 8 aromatic carbocycles. The highest BCUT2D eigenvalue weighted by molar-refractivity contribution is 5.94. The van der Waals surface area contributed by atoms with Crippen LogP contribution in [0.25, 0.3) is 39.0 Å². The lowest BCUT2D eigenvalue weighted by Gasteiger charge is -2.30. The van der Waals surface area contributed by atoms with E-state index in [0.29, 0.717) is 5.92 Å². The van der Waals surface area contributed by atoms with E-state index in [1.807, 2.05) is 0 Å². The Balaban J connectivity index is 1.02. The summed E-state index contributed by atoms with van der Waals surface area (Å²) >= 11 is 0. The molecule has 3 heteroatoms. The van der Waals surface area contributed by atoms with Crippen LogP contribution in [0.5, 0.6) is 0 Å². The second kappa shape index (κ2) is 15.4. The van der Waals surface area contributed by atoms with Crippen LogP contribution in [-0.2, 0) is 18.4 Å². The van der Waals surface area contributed by atoms with E-state index in [-0.39, 0.29) is 0 Å². The van der Waals surface area contributed by atoms with Crippen LogP contribution < -0.4 is 15.5 Å². The maximum Gasteiger partial charge on any atom is 0.0646 e.